The standard InChI is InChI=1S/C23H24FN5OS/c1-4-5-6-10-20-27-29-21(25)19(22(30)26-23(29)31-20)12-16-11-14(2)28(15(16)3)18-9-7-8-17(24)13-18/h7-9,11-13,25H,4-6,10H2,1-3H3/b19-12+,25-21?. The number of hydrogen-bond acceptors (Lipinski definition) is 4. The van der Waals surface area contributed by atoms with Crippen LogP contribution in [0.25, 0.3) is 11.8 Å². The summed E-state index contributed by atoms with van der Waals surface area (Å²) in [5.41, 5.74) is 3.45. The van der Waals surface area contributed by atoms with Crippen LogP contribution in [-0.2, 0) is 4.79 Å². The van der Waals surface area contributed by atoms with Gasteiger partial charge in [-0.15, -0.1) is 0 Å². The second-order valence-corrected chi connectivity index (χ2v) is 8.65. The van der Waals surface area contributed by atoms with Crippen LogP contribution in [0.3, 0.4) is 0 Å². The van der Waals surface area contributed by atoms with E-state index in [2.05, 4.69) is 17.0 Å². The SMILES string of the molecule is CCCCCC1=NN2C(=N)/C(=C\c3cc(C)n(-c4cccc(F)c4)c3C)C(=O)N=C2S1. The molecule has 1 aromatic heterocycles. The number of fused-ring (bicyclic) bond motifs is 1. The second-order valence-electron chi connectivity index (χ2n) is 7.61. The monoisotopic (exact) mass is 437 g/mol. The van der Waals surface area contributed by atoms with Crippen molar-refractivity contribution in [1.29, 1.82) is 5.41 Å². The van der Waals surface area contributed by atoms with Crippen LogP contribution in [-0.4, -0.2) is 31.5 Å². The minimum atomic E-state index is -0.440. The van der Waals surface area contributed by atoms with Crippen LogP contribution in [0.1, 0.15) is 49.6 Å². The Hall–Kier alpha value is -3.00. The highest BCUT2D eigenvalue weighted by molar-refractivity contribution is 8.26. The van der Waals surface area contributed by atoms with Crippen LogP contribution >= 0.6 is 11.8 Å². The molecule has 2 aromatic rings. The number of hydrogen-bond donors (Lipinski definition) is 1. The van der Waals surface area contributed by atoms with E-state index in [9.17, 15) is 9.18 Å². The highest BCUT2D eigenvalue weighted by Crippen LogP contribution is 2.31. The predicted octanol–water partition coefficient (Wildman–Crippen LogP) is 5.43. The number of aromatic nitrogens is 1. The Labute approximate surface area is 185 Å². The van der Waals surface area contributed by atoms with Crippen molar-refractivity contribution >= 4 is 39.8 Å². The Morgan fingerprint density at radius 3 is 2.77 bits per heavy atom. The Morgan fingerprint density at radius 2 is 2.03 bits per heavy atom. The molecule has 0 bridgehead atoms. The number of rotatable bonds is 6. The summed E-state index contributed by atoms with van der Waals surface area (Å²) in [7, 11) is 0. The molecular weight excluding hydrogens is 413 g/mol. The maximum atomic E-state index is 13.7. The van der Waals surface area contributed by atoms with Crippen molar-refractivity contribution in [3.63, 3.8) is 0 Å². The van der Waals surface area contributed by atoms with Crippen LogP contribution in [0, 0.1) is 25.1 Å². The fourth-order valence-electron chi connectivity index (χ4n) is 3.76. The van der Waals surface area contributed by atoms with Crippen LogP contribution in [0.2, 0.25) is 0 Å². The number of aliphatic imine (C=N–C) groups is 1. The number of benzene rings is 1. The maximum absolute atomic E-state index is 13.7. The van der Waals surface area contributed by atoms with E-state index < -0.39 is 5.91 Å². The lowest BCUT2D eigenvalue weighted by molar-refractivity contribution is -0.114. The van der Waals surface area contributed by atoms with Crippen molar-refractivity contribution in [2.24, 2.45) is 10.1 Å². The number of hydrazone groups is 1. The number of aryl methyl sites for hydroxylation is 1. The first-order chi connectivity index (χ1) is 14.9. The lowest BCUT2D eigenvalue weighted by atomic mass is 10.1. The molecule has 8 heteroatoms. The van der Waals surface area contributed by atoms with E-state index in [4.69, 9.17) is 5.41 Å². The van der Waals surface area contributed by atoms with Gasteiger partial charge in [-0.1, -0.05) is 25.8 Å². The van der Waals surface area contributed by atoms with Crippen molar-refractivity contribution in [3.05, 3.63) is 58.7 Å². The Morgan fingerprint density at radius 1 is 1.23 bits per heavy atom. The minimum absolute atomic E-state index is 0.0311. The van der Waals surface area contributed by atoms with E-state index >= 15 is 0 Å². The van der Waals surface area contributed by atoms with Gasteiger partial charge in [-0.2, -0.15) is 15.1 Å². The lowest BCUT2D eigenvalue weighted by Crippen LogP contribution is -2.35. The summed E-state index contributed by atoms with van der Waals surface area (Å²) in [5, 5.41) is 15.9. The van der Waals surface area contributed by atoms with E-state index in [1.54, 1.807) is 12.1 Å². The molecule has 3 heterocycles. The van der Waals surface area contributed by atoms with E-state index in [1.807, 2.05) is 30.5 Å². The van der Waals surface area contributed by atoms with Gasteiger partial charge in [-0.25, -0.2) is 4.39 Å². The molecule has 0 atom stereocenters. The zero-order chi connectivity index (χ0) is 22.1. The molecular formula is C23H24FN5OS. The molecule has 0 saturated carbocycles. The third kappa shape index (κ3) is 4.12. The van der Waals surface area contributed by atoms with Gasteiger partial charge in [0.25, 0.3) is 5.91 Å². The number of unbranched alkanes of at least 4 members (excludes halogenated alkanes) is 2. The number of amidine groups is 2. The number of carbonyl (C=O) groups excluding carboxylic acids is 1. The second kappa shape index (κ2) is 8.63. The summed E-state index contributed by atoms with van der Waals surface area (Å²) < 4.78 is 15.6. The van der Waals surface area contributed by atoms with Gasteiger partial charge in [0.2, 0.25) is 5.17 Å². The molecule has 2 aliphatic heterocycles. The molecule has 6 nitrogen and oxygen atoms in total. The average Bonchev–Trinajstić information content (AvgIpc) is 3.25. The number of amides is 1. The summed E-state index contributed by atoms with van der Waals surface area (Å²) in [6, 6.07) is 8.30. The van der Waals surface area contributed by atoms with Gasteiger partial charge in [0.15, 0.2) is 5.84 Å². The molecule has 0 saturated heterocycles. The average molecular weight is 438 g/mol. The molecule has 0 aliphatic carbocycles. The molecule has 31 heavy (non-hydrogen) atoms. The number of halogens is 1. The van der Waals surface area contributed by atoms with Gasteiger partial charge < -0.3 is 4.57 Å². The summed E-state index contributed by atoms with van der Waals surface area (Å²) in [6.45, 7) is 5.98. The third-order valence-electron chi connectivity index (χ3n) is 5.33. The summed E-state index contributed by atoms with van der Waals surface area (Å²) >= 11 is 1.37. The van der Waals surface area contributed by atoms with Crippen molar-refractivity contribution in [1.82, 2.24) is 9.58 Å². The largest absolute Gasteiger partial charge is 0.318 e. The van der Waals surface area contributed by atoms with Crippen LogP contribution in [0.15, 0.2) is 46.0 Å². The molecule has 4 rings (SSSR count). The smallest absolute Gasteiger partial charge is 0.283 e. The quantitative estimate of drug-likeness (QED) is 0.483. The molecule has 1 N–H and O–H groups in total. The predicted molar refractivity (Wildman–Crippen MR) is 124 cm³/mol. The topological polar surface area (TPSA) is 73.8 Å². The molecule has 0 radical (unpaired) electrons. The van der Waals surface area contributed by atoms with Crippen molar-refractivity contribution in [2.45, 2.75) is 46.5 Å². The first-order valence-corrected chi connectivity index (χ1v) is 11.1. The maximum Gasteiger partial charge on any atom is 0.283 e. The Bertz CT molecular complexity index is 1160. The highest BCUT2D eigenvalue weighted by Gasteiger charge is 2.35. The number of carbonyl (C=O) groups is 1. The normalized spacial score (nSPS) is 17.3. The summed E-state index contributed by atoms with van der Waals surface area (Å²) in [4.78, 5) is 16.9. The van der Waals surface area contributed by atoms with Gasteiger partial charge in [0.05, 0.1) is 5.57 Å². The van der Waals surface area contributed by atoms with Gasteiger partial charge >= 0.3 is 0 Å². The van der Waals surface area contributed by atoms with Crippen molar-refractivity contribution in [3.8, 4) is 5.69 Å². The zero-order valence-corrected chi connectivity index (χ0v) is 18.6. The fourth-order valence-corrected chi connectivity index (χ4v) is 4.69. The Balaban J connectivity index is 1.65. The molecule has 1 amide bonds. The summed E-state index contributed by atoms with van der Waals surface area (Å²) in [5.74, 6) is -0.719. The fraction of sp³-hybridized carbons (Fsp3) is 0.304. The zero-order valence-electron chi connectivity index (χ0n) is 17.8. The van der Waals surface area contributed by atoms with Crippen LogP contribution < -0.4 is 0 Å². The molecule has 160 valence electrons. The van der Waals surface area contributed by atoms with E-state index in [0.29, 0.717) is 10.9 Å². The van der Waals surface area contributed by atoms with Gasteiger partial charge in [0.1, 0.15) is 10.9 Å². The number of nitrogens with zero attached hydrogens (tertiary/aromatic N) is 4. The van der Waals surface area contributed by atoms with Gasteiger partial charge in [0, 0.05) is 17.1 Å². The van der Waals surface area contributed by atoms with Crippen molar-refractivity contribution in [2.75, 3.05) is 0 Å². The molecule has 1 aromatic carbocycles. The molecule has 0 fully saturated rings. The van der Waals surface area contributed by atoms with Gasteiger partial charge in [-0.05, 0) is 74.4 Å². The van der Waals surface area contributed by atoms with Crippen molar-refractivity contribution < 1.29 is 9.18 Å². The van der Waals surface area contributed by atoms with Crippen LogP contribution in [0.4, 0.5) is 4.39 Å². The van der Waals surface area contributed by atoms with E-state index in [1.165, 1.54) is 28.9 Å². The van der Waals surface area contributed by atoms with Crippen LogP contribution in [0.5, 0.6) is 0 Å². The summed E-state index contributed by atoms with van der Waals surface area (Å²) in [6.07, 6.45) is 5.77. The first-order valence-electron chi connectivity index (χ1n) is 10.3. The van der Waals surface area contributed by atoms with E-state index in [-0.39, 0.29) is 17.2 Å². The highest BCUT2D eigenvalue weighted by atomic mass is 32.2. The lowest BCUT2D eigenvalue weighted by Gasteiger charge is -2.20. The Kier molecular flexibility index (Phi) is 5.91. The minimum Gasteiger partial charge on any atom is -0.318 e. The molecule has 2 aliphatic rings. The molecule has 0 unspecified atom stereocenters. The van der Waals surface area contributed by atoms with Gasteiger partial charge in [-0.3, -0.25) is 10.2 Å². The van der Waals surface area contributed by atoms with E-state index in [0.717, 1.165) is 47.7 Å². The number of thioether (sulfide) groups is 1. The molecule has 0 spiro atoms. The number of nitrogens with one attached hydrogen (secondary N) is 1. The first kappa shape index (κ1) is 21.2. The third-order valence-corrected chi connectivity index (χ3v) is 6.30.